The van der Waals surface area contributed by atoms with Gasteiger partial charge in [0.15, 0.2) is 11.6 Å². The van der Waals surface area contributed by atoms with Gasteiger partial charge in [-0.25, -0.2) is 9.97 Å². The number of aromatic hydroxyl groups is 1. The van der Waals surface area contributed by atoms with E-state index in [1.54, 1.807) is 7.11 Å². The number of fused-ring (bicyclic) bond motifs is 2. The maximum Gasteiger partial charge on any atom is 0.213 e. The molecule has 0 unspecified atom stereocenters. The largest absolute Gasteiger partial charge is 0.504 e. The average molecular weight is 424 g/mol. The van der Waals surface area contributed by atoms with Gasteiger partial charge in [0.25, 0.3) is 0 Å². The molecule has 5 aromatic rings. The van der Waals surface area contributed by atoms with Gasteiger partial charge in [-0.1, -0.05) is 30.3 Å². The third kappa shape index (κ3) is 3.00. The molecule has 8 nitrogen and oxygen atoms in total. The zero-order valence-electron chi connectivity index (χ0n) is 17.3. The third-order valence-corrected chi connectivity index (χ3v) is 5.80. The van der Waals surface area contributed by atoms with Crippen molar-refractivity contribution in [3.8, 4) is 45.7 Å². The molecule has 0 saturated carbocycles. The Balaban J connectivity index is 1.33. The molecule has 8 heteroatoms. The second-order valence-corrected chi connectivity index (χ2v) is 7.77. The molecule has 0 amide bonds. The lowest BCUT2D eigenvalue weighted by atomic mass is 10.1. The molecule has 158 valence electrons. The van der Waals surface area contributed by atoms with E-state index in [-0.39, 0.29) is 5.75 Å². The Morgan fingerprint density at radius 3 is 2.53 bits per heavy atom. The SMILES string of the molecule is COc1cccc(-c2ccc(-c3n[nH]c(-c4nc5cc6c(cc5[nH]4)CNC6)c3O)cc2)n1. The topological polar surface area (TPSA) is 112 Å². The summed E-state index contributed by atoms with van der Waals surface area (Å²) >= 11 is 0. The van der Waals surface area contributed by atoms with Crippen LogP contribution in [-0.2, 0) is 13.1 Å². The van der Waals surface area contributed by atoms with E-state index in [1.165, 1.54) is 11.1 Å². The fourth-order valence-electron chi connectivity index (χ4n) is 4.11. The quantitative estimate of drug-likeness (QED) is 0.347. The summed E-state index contributed by atoms with van der Waals surface area (Å²) < 4.78 is 5.20. The van der Waals surface area contributed by atoms with Crippen LogP contribution in [0, 0.1) is 0 Å². The first-order chi connectivity index (χ1) is 15.7. The maximum absolute atomic E-state index is 10.9. The molecule has 0 radical (unpaired) electrons. The number of rotatable bonds is 4. The van der Waals surface area contributed by atoms with Gasteiger partial charge in [-0.05, 0) is 29.3 Å². The number of imidazole rings is 1. The van der Waals surface area contributed by atoms with Gasteiger partial charge in [-0.3, -0.25) is 5.10 Å². The van der Waals surface area contributed by atoms with Crippen LogP contribution < -0.4 is 10.1 Å². The van der Waals surface area contributed by atoms with Gasteiger partial charge in [0, 0.05) is 30.3 Å². The fraction of sp³-hybridized carbons (Fsp3) is 0.125. The van der Waals surface area contributed by atoms with Gasteiger partial charge in [0.2, 0.25) is 5.88 Å². The highest BCUT2D eigenvalue weighted by atomic mass is 16.5. The van der Waals surface area contributed by atoms with Gasteiger partial charge in [0.05, 0.1) is 23.8 Å². The number of pyridine rings is 1. The standard InChI is InChI=1S/C24H20N6O2/c1-32-20-4-2-3-17(26-20)13-5-7-14(8-6-13)21-23(31)22(30-29-21)24-27-18-9-15-11-25-12-16(15)10-19(18)28-24/h2-10,25,31H,11-12H2,1H3,(H,27,28)(H,29,30). The zero-order valence-corrected chi connectivity index (χ0v) is 17.3. The lowest BCUT2D eigenvalue weighted by molar-refractivity contribution is 0.398. The lowest BCUT2D eigenvalue weighted by Gasteiger charge is -2.05. The Hall–Kier alpha value is -4.17. The number of nitrogens with zero attached hydrogens (tertiary/aromatic N) is 3. The first kappa shape index (κ1) is 18.6. The van der Waals surface area contributed by atoms with Crippen molar-refractivity contribution in [2.24, 2.45) is 0 Å². The van der Waals surface area contributed by atoms with Crippen LogP contribution in [-0.4, -0.2) is 37.4 Å². The van der Waals surface area contributed by atoms with Crippen molar-refractivity contribution in [1.82, 2.24) is 30.5 Å². The Morgan fingerprint density at radius 2 is 1.72 bits per heavy atom. The molecule has 0 bridgehead atoms. The van der Waals surface area contributed by atoms with Crippen molar-refractivity contribution in [2.75, 3.05) is 7.11 Å². The van der Waals surface area contributed by atoms with Crippen LogP contribution >= 0.6 is 0 Å². The molecule has 4 heterocycles. The maximum atomic E-state index is 10.9. The number of aromatic nitrogens is 5. The number of nitrogens with one attached hydrogen (secondary N) is 3. The van der Waals surface area contributed by atoms with E-state index in [9.17, 15) is 5.11 Å². The van der Waals surface area contributed by atoms with Crippen molar-refractivity contribution < 1.29 is 9.84 Å². The predicted octanol–water partition coefficient (Wildman–Crippen LogP) is 4.00. The minimum Gasteiger partial charge on any atom is -0.504 e. The van der Waals surface area contributed by atoms with Crippen LogP contribution in [0.5, 0.6) is 11.6 Å². The van der Waals surface area contributed by atoms with E-state index in [2.05, 4.69) is 42.6 Å². The summed E-state index contributed by atoms with van der Waals surface area (Å²) in [5, 5.41) is 21.5. The Labute approximate surface area is 183 Å². The van der Waals surface area contributed by atoms with Crippen LogP contribution in [0.4, 0.5) is 0 Å². The Bertz CT molecular complexity index is 1410. The summed E-state index contributed by atoms with van der Waals surface area (Å²) in [6, 6.07) is 17.5. The number of hydrogen-bond acceptors (Lipinski definition) is 6. The van der Waals surface area contributed by atoms with Gasteiger partial charge in [0.1, 0.15) is 11.4 Å². The Morgan fingerprint density at radius 1 is 0.938 bits per heavy atom. The van der Waals surface area contributed by atoms with Crippen LogP contribution in [0.3, 0.4) is 0 Å². The molecular formula is C24H20N6O2. The molecule has 4 N–H and O–H groups in total. The van der Waals surface area contributed by atoms with Gasteiger partial charge >= 0.3 is 0 Å². The van der Waals surface area contributed by atoms with Crippen molar-refractivity contribution >= 4 is 11.0 Å². The van der Waals surface area contributed by atoms with Crippen LogP contribution in [0.2, 0.25) is 0 Å². The third-order valence-electron chi connectivity index (χ3n) is 5.80. The van der Waals surface area contributed by atoms with Gasteiger partial charge in [-0.2, -0.15) is 5.10 Å². The van der Waals surface area contributed by atoms with E-state index in [0.717, 1.165) is 40.9 Å². The normalized spacial score (nSPS) is 12.9. The smallest absolute Gasteiger partial charge is 0.213 e. The molecule has 0 atom stereocenters. The van der Waals surface area contributed by atoms with Crippen molar-refractivity contribution in [3.63, 3.8) is 0 Å². The molecule has 0 saturated heterocycles. The minimum absolute atomic E-state index is 0.0607. The van der Waals surface area contributed by atoms with Crippen molar-refractivity contribution in [3.05, 3.63) is 65.7 Å². The van der Waals surface area contributed by atoms with Gasteiger partial charge in [-0.15, -0.1) is 0 Å². The second kappa shape index (κ2) is 7.21. The lowest BCUT2D eigenvalue weighted by Crippen LogP contribution is -1.99. The molecule has 6 rings (SSSR count). The highest BCUT2D eigenvalue weighted by Crippen LogP contribution is 2.36. The summed E-state index contributed by atoms with van der Waals surface area (Å²) in [4.78, 5) is 12.4. The number of ether oxygens (including phenoxy) is 1. The van der Waals surface area contributed by atoms with Crippen LogP contribution in [0.25, 0.3) is 45.1 Å². The molecule has 0 fully saturated rings. The zero-order chi connectivity index (χ0) is 21.7. The van der Waals surface area contributed by atoms with Crippen molar-refractivity contribution in [1.29, 1.82) is 0 Å². The molecule has 1 aliphatic heterocycles. The predicted molar refractivity (Wildman–Crippen MR) is 121 cm³/mol. The monoisotopic (exact) mass is 424 g/mol. The van der Waals surface area contributed by atoms with E-state index in [0.29, 0.717) is 23.1 Å². The summed E-state index contributed by atoms with van der Waals surface area (Å²) in [5.41, 5.74) is 7.82. The summed E-state index contributed by atoms with van der Waals surface area (Å²) in [5.74, 6) is 1.18. The number of H-pyrrole nitrogens is 2. The number of aromatic amines is 2. The molecule has 3 aromatic heterocycles. The summed E-state index contributed by atoms with van der Waals surface area (Å²) in [7, 11) is 1.60. The van der Waals surface area contributed by atoms with E-state index in [4.69, 9.17) is 4.74 Å². The average Bonchev–Trinajstić information content (AvgIpc) is 3.55. The van der Waals surface area contributed by atoms with Crippen LogP contribution in [0.15, 0.2) is 54.6 Å². The number of methoxy groups -OCH3 is 1. The highest BCUT2D eigenvalue weighted by Gasteiger charge is 2.20. The van der Waals surface area contributed by atoms with E-state index < -0.39 is 0 Å². The summed E-state index contributed by atoms with van der Waals surface area (Å²) in [6.45, 7) is 1.72. The fourth-order valence-corrected chi connectivity index (χ4v) is 4.11. The molecular weight excluding hydrogens is 404 g/mol. The molecule has 0 spiro atoms. The van der Waals surface area contributed by atoms with Gasteiger partial charge < -0.3 is 20.1 Å². The van der Waals surface area contributed by atoms with Crippen molar-refractivity contribution in [2.45, 2.75) is 13.1 Å². The number of benzene rings is 2. The van der Waals surface area contributed by atoms with E-state index in [1.807, 2.05) is 42.5 Å². The number of hydrogen-bond donors (Lipinski definition) is 4. The van der Waals surface area contributed by atoms with E-state index >= 15 is 0 Å². The highest BCUT2D eigenvalue weighted by molar-refractivity contribution is 5.83. The molecule has 2 aromatic carbocycles. The first-order valence-electron chi connectivity index (χ1n) is 10.3. The minimum atomic E-state index is 0.0607. The Kier molecular flexibility index (Phi) is 4.19. The molecule has 0 aliphatic carbocycles. The van der Waals surface area contributed by atoms with Crippen LogP contribution in [0.1, 0.15) is 11.1 Å². The molecule has 32 heavy (non-hydrogen) atoms. The molecule has 1 aliphatic rings. The summed E-state index contributed by atoms with van der Waals surface area (Å²) in [6.07, 6.45) is 0. The second-order valence-electron chi connectivity index (χ2n) is 7.77. The first-order valence-corrected chi connectivity index (χ1v) is 10.3.